The SMILES string of the molecule is CCOC(=O)c1nc2ccc(OC(F)(F)F)cc2c(=O)[nH]1. The minimum Gasteiger partial charge on any atom is -0.460 e. The van der Waals surface area contributed by atoms with Crippen LogP contribution < -0.4 is 10.3 Å². The van der Waals surface area contributed by atoms with E-state index in [1.807, 2.05) is 0 Å². The molecule has 2 aromatic rings. The molecule has 0 aliphatic heterocycles. The number of aromatic amines is 1. The molecule has 2 rings (SSSR count). The average Bonchev–Trinajstić information content (AvgIpc) is 2.37. The van der Waals surface area contributed by atoms with Gasteiger partial charge in [0.15, 0.2) is 0 Å². The molecule has 0 amide bonds. The second kappa shape index (κ2) is 5.43. The normalized spacial score (nSPS) is 11.4. The number of carbonyl (C=O) groups excluding carboxylic acids is 1. The first-order valence-electron chi connectivity index (χ1n) is 5.77. The lowest BCUT2D eigenvalue weighted by atomic mass is 10.2. The molecular weight excluding hydrogens is 293 g/mol. The van der Waals surface area contributed by atoms with Gasteiger partial charge in [-0.1, -0.05) is 0 Å². The standard InChI is InChI=1S/C12H9F3N2O4/c1-2-20-11(19)9-16-8-4-3-6(21-12(13,14)15)5-7(8)10(18)17-9/h3-5H,2H2,1H3,(H,16,17,18). The lowest BCUT2D eigenvalue weighted by molar-refractivity contribution is -0.274. The summed E-state index contributed by atoms with van der Waals surface area (Å²) < 4.78 is 44.7. The number of alkyl halides is 3. The summed E-state index contributed by atoms with van der Waals surface area (Å²) in [6.45, 7) is 1.68. The monoisotopic (exact) mass is 302 g/mol. The first-order valence-corrected chi connectivity index (χ1v) is 5.77. The Hall–Kier alpha value is -2.58. The van der Waals surface area contributed by atoms with Gasteiger partial charge in [0, 0.05) is 0 Å². The van der Waals surface area contributed by atoms with Crippen LogP contribution in [-0.4, -0.2) is 28.9 Å². The number of benzene rings is 1. The van der Waals surface area contributed by atoms with E-state index in [9.17, 15) is 22.8 Å². The van der Waals surface area contributed by atoms with Gasteiger partial charge in [0.2, 0.25) is 5.82 Å². The van der Waals surface area contributed by atoms with Crippen LogP contribution >= 0.6 is 0 Å². The minimum absolute atomic E-state index is 0.0522. The summed E-state index contributed by atoms with van der Waals surface area (Å²) in [4.78, 5) is 29.2. The van der Waals surface area contributed by atoms with Gasteiger partial charge in [-0.15, -0.1) is 13.2 Å². The Bertz CT molecular complexity index is 739. The highest BCUT2D eigenvalue weighted by atomic mass is 19.4. The van der Waals surface area contributed by atoms with E-state index in [-0.39, 0.29) is 23.3 Å². The van der Waals surface area contributed by atoms with Gasteiger partial charge in [-0.2, -0.15) is 0 Å². The first kappa shape index (κ1) is 14.8. The van der Waals surface area contributed by atoms with E-state index < -0.39 is 23.6 Å². The zero-order valence-corrected chi connectivity index (χ0v) is 10.7. The molecule has 0 fully saturated rings. The molecule has 0 spiro atoms. The highest BCUT2D eigenvalue weighted by molar-refractivity contribution is 5.88. The third-order valence-corrected chi connectivity index (χ3v) is 2.38. The van der Waals surface area contributed by atoms with Crippen molar-refractivity contribution in [3.8, 4) is 5.75 Å². The Labute approximate surface area is 115 Å². The molecule has 9 heteroatoms. The molecule has 1 aromatic carbocycles. The summed E-state index contributed by atoms with van der Waals surface area (Å²) in [5, 5.41) is -0.134. The average molecular weight is 302 g/mol. The van der Waals surface area contributed by atoms with E-state index in [4.69, 9.17) is 0 Å². The number of fused-ring (bicyclic) bond motifs is 1. The molecule has 1 aromatic heterocycles. The van der Waals surface area contributed by atoms with Crippen molar-refractivity contribution in [2.24, 2.45) is 0 Å². The maximum absolute atomic E-state index is 12.1. The van der Waals surface area contributed by atoms with Crippen LogP contribution in [0.2, 0.25) is 0 Å². The lowest BCUT2D eigenvalue weighted by Gasteiger charge is -2.09. The van der Waals surface area contributed by atoms with E-state index in [2.05, 4.69) is 19.4 Å². The third-order valence-electron chi connectivity index (χ3n) is 2.38. The predicted molar refractivity (Wildman–Crippen MR) is 65.0 cm³/mol. The summed E-state index contributed by atoms with van der Waals surface area (Å²) in [6, 6.07) is 3.04. The lowest BCUT2D eigenvalue weighted by Crippen LogP contribution is -2.19. The predicted octanol–water partition coefficient (Wildman–Crippen LogP) is 2.00. The van der Waals surface area contributed by atoms with Crippen molar-refractivity contribution >= 4 is 16.9 Å². The molecule has 1 heterocycles. The summed E-state index contributed by atoms with van der Waals surface area (Å²) >= 11 is 0. The molecule has 0 saturated carbocycles. The van der Waals surface area contributed by atoms with Gasteiger partial charge in [-0.05, 0) is 25.1 Å². The zero-order valence-electron chi connectivity index (χ0n) is 10.7. The minimum atomic E-state index is -4.86. The van der Waals surface area contributed by atoms with Gasteiger partial charge in [-0.25, -0.2) is 9.78 Å². The van der Waals surface area contributed by atoms with Gasteiger partial charge in [0.1, 0.15) is 5.75 Å². The second-order valence-electron chi connectivity index (χ2n) is 3.86. The van der Waals surface area contributed by atoms with Crippen molar-refractivity contribution < 1.29 is 27.4 Å². The van der Waals surface area contributed by atoms with Crippen molar-refractivity contribution in [1.82, 2.24) is 9.97 Å². The fourth-order valence-electron chi connectivity index (χ4n) is 1.61. The Balaban J connectivity index is 2.46. The Morgan fingerprint density at radius 1 is 1.38 bits per heavy atom. The van der Waals surface area contributed by atoms with Gasteiger partial charge in [0.25, 0.3) is 5.56 Å². The number of H-pyrrole nitrogens is 1. The molecule has 0 radical (unpaired) electrons. The third kappa shape index (κ3) is 3.50. The van der Waals surface area contributed by atoms with E-state index in [1.54, 1.807) is 6.92 Å². The quantitative estimate of drug-likeness (QED) is 0.877. The number of nitrogens with zero attached hydrogens (tertiary/aromatic N) is 1. The molecule has 0 atom stereocenters. The zero-order chi connectivity index (χ0) is 15.6. The van der Waals surface area contributed by atoms with Crippen LogP contribution in [0.3, 0.4) is 0 Å². The number of aromatic nitrogens is 2. The molecular formula is C12H9F3N2O4. The number of hydrogen-bond donors (Lipinski definition) is 1. The molecule has 112 valence electrons. The fraction of sp³-hybridized carbons (Fsp3) is 0.250. The highest BCUT2D eigenvalue weighted by Gasteiger charge is 2.31. The van der Waals surface area contributed by atoms with Crippen molar-refractivity contribution in [1.29, 1.82) is 0 Å². The fourth-order valence-corrected chi connectivity index (χ4v) is 1.61. The van der Waals surface area contributed by atoms with Crippen LogP contribution in [0.5, 0.6) is 5.75 Å². The van der Waals surface area contributed by atoms with Crippen molar-refractivity contribution in [2.75, 3.05) is 6.61 Å². The first-order chi connectivity index (χ1) is 9.80. The number of hydrogen-bond acceptors (Lipinski definition) is 5. The van der Waals surface area contributed by atoms with E-state index >= 15 is 0 Å². The van der Waals surface area contributed by atoms with Crippen LogP contribution in [0.15, 0.2) is 23.0 Å². The number of rotatable bonds is 3. The molecule has 21 heavy (non-hydrogen) atoms. The van der Waals surface area contributed by atoms with Crippen LogP contribution in [0.25, 0.3) is 10.9 Å². The van der Waals surface area contributed by atoms with Crippen molar-refractivity contribution in [2.45, 2.75) is 13.3 Å². The van der Waals surface area contributed by atoms with Crippen LogP contribution in [-0.2, 0) is 4.74 Å². The number of halogens is 3. The second-order valence-corrected chi connectivity index (χ2v) is 3.86. The maximum Gasteiger partial charge on any atom is 0.573 e. The van der Waals surface area contributed by atoms with Gasteiger partial charge in [-0.3, -0.25) is 4.79 Å². The van der Waals surface area contributed by atoms with E-state index in [1.165, 1.54) is 0 Å². The summed E-state index contributed by atoms with van der Waals surface area (Å²) in [5.74, 6) is -1.70. The molecule has 0 aliphatic carbocycles. The summed E-state index contributed by atoms with van der Waals surface area (Å²) in [5.41, 5.74) is -0.716. The highest BCUT2D eigenvalue weighted by Crippen LogP contribution is 2.24. The Kier molecular flexibility index (Phi) is 3.83. The van der Waals surface area contributed by atoms with Gasteiger partial charge in [0.05, 0.1) is 17.5 Å². The topological polar surface area (TPSA) is 81.3 Å². The number of ether oxygens (including phenoxy) is 2. The largest absolute Gasteiger partial charge is 0.573 e. The Morgan fingerprint density at radius 3 is 2.71 bits per heavy atom. The van der Waals surface area contributed by atoms with Crippen molar-refractivity contribution in [3.05, 3.63) is 34.4 Å². The maximum atomic E-state index is 12.1. The van der Waals surface area contributed by atoms with E-state index in [0.717, 1.165) is 18.2 Å². The summed E-state index contributed by atoms with van der Waals surface area (Å²) in [6.07, 6.45) is -4.86. The molecule has 0 bridgehead atoms. The number of nitrogens with one attached hydrogen (secondary N) is 1. The molecule has 0 saturated heterocycles. The molecule has 0 aliphatic rings. The Morgan fingerprint density at radius 2 is 2.10 bits per heavy atom. The number of esters is 1. The smallest absolute Gasteiger partial charge is 0.460 e. The van der Waals surface area contributed by atoms with E-state index in [0.29, 0.717) is 0 Å². The van der Waals surface area contributed by atoms with Crippen LogP contribution in [0, 0.1) is 0 Å². The van der Waals surface area contributed by atoms with Crippen LogP contribution in [0.4, 0.5) is 13.2 Å². The van der Waals surface area contributed by atoms with Crippen LogP contribution in [0.1, 0.15) is 17.5 Å². The van der Waals surface area contributed by atoms with Gasteiger partial charge >= 0.3 is 12.3 Å². The molecule has 6 nitrogen and oxygen atoms in total. The van der Waals surface area contributed by atoms with Gasteiger partial charge < -0.3 is 14.5 Å². The number of carbonyl (C=O) groups is 1. The molecule has 1 N–H and O–H groups in total. The molecule has 0 unspecified atom stereocenters. The summed E-state index contributed by atoms with van der Waals surface area (Å²) in [7, 11) is 0. The van der Waals surface area contributed by atoms with Crippen molar-refractivity contribution in [3.63, 3.8) is 0 Å².